The number of amidine groups is 1. The Labute approximate surface area is 113 Å². The van der Waals surface area contributed by atoms with Crippen LogP contribution in [0.4, 0.5) is 0 Å². The summed E-state index contributed by atoms with van der Waals surface area (Å²) in [6, 6.07) is 0.158. The number of methoxy groups -OCH3 is 1. The molecular weight excluding hydrogens is 248 g/mol. The fourth-order valence-electron chi connectivity index (χ4n) is 1.95. The Kier molecular flexibility index (Phi) is 5.56. The molecule has 4 N–H and O–H groups in total. The van der Waals surface area contributed by atoms with E-state index in [0.717, 1.165) is 25.9 Å². The number of likely N-dealkylation sites (tertiary alicyclic amines) is 1. The molecule has 0 atom stereocenters. The Morgan fingerprint density at radius 3 is 2.58 bits per heavy atom. The smallest absolute Gasteiger partial charge is 0.251 e. The highest BCUT2D eigenvalue weighted by Gasteiger charge is 2.30. The van der Waals surface area contributed by atoms with E-state index in [4.69, 9.17) is 15.7 Å². The number of carbonyl (C=O) groups is 1. The summed E-state index contributed by atoms with van der Waals surface area (Å²) in [5, 5.41) is 14.5. The third kappa shape index (κ3) is 4.68. The van der Waals surface area contributed by atoms with Gasteiger partial charge in [0.25, 0.3) is 5.91 Å². The van der Waals surface area contributed by atoms with E-state index in [1.165, 1.54) is 7.11 Å². The van der Waals surface area contributed by atoms with Crippen molar-refractivity contribution in [3.05, 3.63) is 0 Å². The third-order valence-electron chi connectivity index (χ3n) is 3.49. The van der Waals surface area contributed by atoms with Gasteiger partial charge in [0, 0.05) is 26.2 Å². The van der Waals surface area contributed by atoms with Gasteiger partial charge < -0.3 is 21.0 Å². The number of nitrogens with zero attached hydrogens (tertiary/aromatic N) is 2. The van der Waals surface area contributed by atoms with E-state index in [1.807, 2.05) is 0 Å². The van der Waals surface area contributed by atoms with Crippen molar-refractivity contribution in [3.8, 4) is 0 Å². The topological polar surface area (TPSA) is 100 Å². The molecule has 1 rings (SSSR count). The molecule has 0 aromatic rings. The average Bonchev–Trinajstić information content (AvgIpc) is 2.40. The summed E-state index contributed by atoms with van der Waals surface area (Å²) in [5.41, 5.74) is 4.67. The zero-order chi connectivity index (χ0) is 14.5. The number of carbonyl (C=O) groups excluding carboxylic acids is 1. The fourth-order valence-corrected chi connectivity index (χ4v) is 1.95. The molecule has 1 saturated heterocycles. The molecule has 7 nitrogen and oxygen atoms in total. The molecule has 0 unspecified atom stereocenters. The average molecular weight is 272 g/mol. The van der Waals surface area contributed by atoms with Crippen LogP contribution in [0.25, 0.3) is 0 Å². The van der Waals surface area contributed by atoms with Crippen LogP contribution in [-0.2, 0) is 9.53 Å². The van der Waals surface area contributed by atoms with Gasteiger partial charge in [0.1, 0.15) is 5.60 Å². The van der Waals surface area contributed by atoms with Crippen molar-refractivity contribution in [2.45, 2.75) is 38.3 Å². The monoisotopic (exact) mass is 272 g/mol. The summed E-state index contributed by atoms with van der Waals surface area (Å²) in [7, 11) is 1.53. The van der Waals surface area contributed by atoms with Crippen molar-refractivity contribution in [2.75, 3.05) is 26.7 Å². The van der Waals surface area contributed by atoms with Crippen LogP contribution < -0.4 is 11.1 Å². The van der Waals surface area contributed by atoms with Gasteiger partial charge in [0.2, 0.25) is 0 Å². The van der Waals surface area contributed by atoms with E-state index < -0.39 is 5.60 Å². The lowest BCUT2D eigenvalue weighted by Gasteiger charge is -2.33. The van der Waals surface area contributed by atoms with Crippen molar-refractivity contribution in [2.24, 2.45) is 10.9 Å². The predicted octanol–water partition coefficient (Wildman–Crippen LogP) is -0.262. The third-order valence-corrected chi connectivity index (χ3v) is 3.49. The highest BCUT2D eigenvalue weighted by Crippen LogP contribution is 2.13. The van der Waals surface area contributed by atoms with E-state index in [-0.39, 0.29) is 17.8 Å². The number of ether oxygens (including phenoxy) is 1. The molecule has 1 aliphatic rings. The zero-order valence-electron chi connectivity index (χ0n) is 11.8. The first-order valence-electron chi connectivity index (χ1n) is 6.44. The highest BCUT2D eigenvalue weighted by atomic mass is 16.5. The summed E-state index contributed by atoms with van der Waals surface area (Å²) in [6.07, 6.45) is 1.70. The van der Waals surface area contributed by atoms with E-state index >= 15 is 0 Å². The standard InChI is InChI=1S/C12H24N4O3/c1-12(2,19-3)11(17)14-9-4-6-16(7-5-9)8-10(13)15-18/h9,18H,4-8H2,1-3H3,(H2,13,15)(H,14,17). The lowest BCUT2D eigenvalue weighted by Crippen LogP contribution is -2.52. The van der Waals surface area contributed by atoms with E-state index in [2.05, 4.69) is 15.4 Å². The van der Waals surface area contributed by atoms with Gasteiger partial charge in [-0.05, 0) is 26.7 Å². The number of piperidine rings is 1. The summed E-state index contributed by atoms with van der Waals surface area (Å²) in [6.45, 7) is 5.58. The van der Waals surface area contributed by atoms with Crippen LogP contribution >= 0.6 is 0 Å². The van der Waals surface area contributed by atoms with Gasteiger partial charge in [-0.25, -0.2) is 0 Å². The second-order valence-corrected chi connectivity index (χ2v) is 5.33. The Hall–Kier alpha value is -1.34. The molecule has 7 heteroatoms. The fraction of sp³-hybridized carbons (Fsp3) is 0.833. The first-order chi connectivity index (χ1) is 8.89. The number of amides is 1. The zero-order valence-corrected chi connectivity index (χ0v) is 11.8. The van der Waals surface area contributed by atoms with Gasteiger partial charge in [-0.15, -0.1) is 0 Å². The highest BCUT2D eigenvalue weighted by molar-refractivity contribution is 5.84. The lowest BCUT2D eigenvalue weighted by molar-refractivity contribution is -0.140. The maximum absolute atomic E-state index is 11.9. The van der Waals surface area contributed by atoms with Crippen LogP contribution in [0.1, 0.15) is 26.7 Å². The first-order valence-corrected chi connectivity index (χ1v) is 6.44. The summed E-state index contributed by atoms with van der Waals surface area (Å²) in [4.78, 5) is 14.0. The van der Waals surface area contributed by atoms with E-state index in [1.54, 1.807) is 13.8 Å². The normalized spacial score (nSPS) is 19.4. The van der Waals surface area contributed by atoms with E-state index in [0.29, 0.717) is 6.54 Å². The molecule has 0 aromatic carbocycles. The SMILES string of the molecule is COC(C)(C)C(=O)NC1CCN(CC(N)=NO)CC1. The minimum Gasteiger partial charge on any atom is -0.409 e. The Morgan fingerprint density at radius 2 is 2.11 bits per heavy atom. The van der Waals surface area contributed by atoms with Crippen LogP contribution in [0.5, 0.6) is 0 Å². The number of rotatable bonds is 5. The van der Waals surface area contributed by atoms with Crippen LogP contribution in [0.2, 0.25) is 0 Å². The molecule has 0 saturated carbocycles. The number of hydrogen-bond donors (Lipinski definition) is 3. The van der Waals surface area contributed by atoms with Crippen molar-refractivity contribution < 1.29 is 14.7 Å². The van der Waals surface area contributed by atoms with Gasteiger partial charge in [0.05, 0.1) is 6.54 Å². The van der Waals surface area contributed by atoms with Gasteiger partial charge >= 0.3 is 0 Å². The molecule has 1 aliphatic heterocycles. The van der Waals surface area contributed by atoms with Gasteiger partial charge in [0.15, 0.2) is 5.84 Å². The maximum Gasteiger partial charge on any atom is 0.251 e. The second-order valence-electron chi connectivity index (χ2n) is 5.33. The van der Waals surface area contributed by atoms with Crippen molar-refractivity contribution >= 4 is 11.7 Å². The molecule has 0 spiro atoms. The molecule has 19 heavy (non-hydrogen) atoms. The Morgan fingerprint density at radius 1 is 1.53 bits per heavy atom. The number of hydrogen-bond acceptors (Lipinski definition) is 5. The molecule has 0 aromatic heterocycles. The number of nitrogens with one attached hydrogen (secondary N) is 1. The molecule has 1 heterocycles. The summed E-state index contributed by atoms with van der Waals surface area (Å²) >= 11 is 0. The lowest BCUT2D eigenvalue weighted by atomic mass is 10.0. The van der Waals surface area contributed by atoms with Crippen LogP contribution in [0.3, 0.4) is 0 Å². The number of nitrogens with two attached hydrogens (primary N) is 1. The predicted molar refractivity (Wildman–Crippen MR) is 72.1 cm³/mol. The molecule has 1 fully saturated rings. The van der Waals surface area contributed by atoms with Crippen molar-refractivity contribution in [3.63, 3.8) is 0 Å². The molecule has 0 aliphatic carbocycles. The molecule has 1 amide bonds. The molecule has 0 bridgehead atoms. The summed E-state index contributed by atoms with van der Waals surface area (Å²) < 4.78 is 5.15. The van der Waals surface area contributed by atoms with Crippen LogP contribution in [0, 0.1) is 0 Å². The first kappa shape index (κ1) is 15.7. The largest absolute Gasteiger partial charge is 0.409 e. The Balaban J connectivity index is 2.36. The van der Waals surface area contributed by atoms with Gasteiger partial charge in [-0.1, -0.05) is 5.16 Å². The minimum absolute atomic E-state index is 0.0927. The summed E-state index contributed by atoms with van der Waals surface area (Å²) in [5.74, 6) is 0.118. The van der Waals surface area contributed by atoms with Crippen molar-refractivity contribution in [1.29, 1.82) is 0 Å². The minimum atomic E-state index is -0.800. The molecular formula is C12H24N4O3. The molecule has 110 valence electrons. The maximum atomic E-state index is 11.9. The number of oxime groups is 1. The van der Waals surface area contributed by atoms with E-state index in [9.17, 15) is 4.79 Å². The molecule has 0 radical (unpaired) electrons. The van der Waals surface area contributed by atoms with Crippen LogP contribution in [-0.4, -0.2) is 60.2 Å². The van der Waals surface area contributed by atoms with Crippen molar-refractivity contribution in [1.82, 2.24) is 10.2 Å². The second kappa shape index (κ2) is 6.72. The van der Waals surface area contributed by atoms with Crippen LogP contribution in [0.15, 0.2) is 5.16 Å². The quantitative estimate of drug-likeness (QED) is 0.277. The Bertz CT molecular complexity index is 336. The van der Waals surface area contributed by atoms with Gasteiger partial charge in [-0.2, -0.15) is 0 Å². The van der Waals surface area contributed by atoms with Gasteiger partial charge in [-0.3, -0.25) is 9.69 Å².